The van der Waals surface area contributed by atoms with E-state index in [-0.39, 0.29) is 11.9 Å². The Labute approximate surface area is 110 Å². The standard InChI is InChI=1S/C10H10IN3OS/c11-6-2-1-3-7-5(6)4-8(16-7)9(15)14-10(12)13/h3-4H,1-2H2,(H4,12,13,14,15). The zero-order valence-corrected chi connectivity index (χ0v) is 11.3. The summed E-state index contributed by atoms with van der Waals surface area (Å²) in [5, 5.41) is 1.14. The second-order valence-electron chi connectivity index (χ2n) is 3.38. The maximum atomic E-state index is 11.6. The summed E-state index contributed by atoms with van der Waals surface area (Å²) in [4.78, 5) is 15.7. The minimum absolute atomic E-state index is 0.195. The zero-order valence-electron chi connectivity index (χ0n) is 8.37. The van der Waals surface area contributed by atoms with E-state index in [1.165, 1.54) is 14.9 Å². The van der Waals surface area contributed by atoms with E-state index in [0.717, 1.165) is 22.6 Å². The van der Waals surface area contributed by atoms with Gasteiger partial charge in [0, 0.05) is 9.75 Å². The van der Waals surface area contributed by atoms with Crippen LogP contribution in [0.1, 0.15) is 22.5 Å². The van der Waals surface area contributed by atoms with E-state index in [0.29, 0.717) is 4.88 Å². The molecule has 4 N–H and O–H groups in total. The number of hydrogen-bond donors (Lipinski definition) is 2. The van der Waals surface area contributed by atoms with Gasteiger partial charge in [0.05, 0.1) is 4.88 Å². The molecule has 16 heavy (non-hydrogen) atoms. The minimum atomic E-state index is -0.364. The smallest absolute Gasteiger partial charge is 0.290 e. The molecule has 84 valence electrons. The van der Waals surface area contributed by atoms with Gasteiger partial charge in [-0.05, 0) is 45.1 Å². The molecule has 1 aromatic rings. The zero-order chi connectivity index (χ0) is 11.7. The van der Waals surface area contributed by atoms with Gasteiger partial charge in [-0.3, -0.25) is 4.79 Å². The molecule has 1 aliphatic carbocycles. The molecular formula is C10H10IN3OS. The lowest BCUT2D eigenvalue weighted by Crippen LogP contribution is -2.24. The Morgan fingerprint density at radius 3 is 2.88 bits per heavy atom. The maximum Gasteiger partial charge on any atom is 0.290 e. The number of amides is 1. The molecule has 0 aromatic carbocycles. The lowest BCUT2D eigenvalue weighted by Gasteiger charge is -1.98. The van der Waals surface area contributed by atoms with Gasteiger partial charge in [0.2, 0.25) is 0 Å². The van der Waals surface area contributed by atoms with E-state index >= 15 is 0 Å². The fraction of sp³-hybridized carbons (Fsp3) is 0.200. The van der Waals surface area contributed by atoms with Crippen molar-refractivity contribution in [1.82, 2.24) is 0 Å². The number of fused-ring (bicyclic) bond motifs is 1. The number of rotatable bonds is 1. The second-order valence-corrected chi connectivity index (χ2v) is 5.76. The molecule has 1 aliphatic rings. The van der Waals surface area contributed by atoms with Gasteiger partial charge in [-0.15, -0.1) is 11.3 Å². The van der Waals surface area contributed by atoms with Crippen LogP contribution in [0.15, 0.2) is 11.1 Å². The average Bonchev–Trinajstić information content (AvgIpc) is 2.61. The number of aliphatic imine (C=N–C) groups is 1. The highest BCUT2D eigenvalue weighted by Gasteiger charge is 2.11. The third-order valence-corrected chi connectivity index (χ3v) is 4.43. The number of nitrogens with two attached hydrogens (primary N) is 2. The Kier molecular flexibility index (Phi) is 3.29. The summed E-state index contributed by atoms with van der Waals surface area (Å²) in [5.41, 5.74) is 10.4. The molecule has 0 fully saturated rings. The lowest BCUT2D eigenvalue weighted by atomic mass is 10.2. The predicted molar refractivity (Wildman–Crippen MR) is 74.8 cm³/mol. The van der Waals surface area contributed by atoms with Gasteiger partial charge < -0.3 is 11.5 Å². The summed E-state index contributed by atoms with van der Waals surface area (Å²) in [6.07, 6.45) is 4.22. The lowest BCUT2D eigenvalue weighted by molar-refractivity contribution is 0.101. The van der Waals surface area contributed by atoms with Crippen molar-refractivity contribution in [3.8, 4) is 0 Å². The van der Waals surface area contributed by atoms with Gasteiger partial charge in [-0.2, -0.15) is 4.99 Å². The molecule has 0 atom stereocenters. The summed E-state index contributed by atoms with van der Waals surface area (Å²) in [6, 6.07) is 1.87. The molecule has 0 saturated heterocycles. The molecular weight excluding hydrogens is 337 g/mol. The van der Waals surface area contributed by atoms with Crippen LogP contribution in [-0.2, 0) is 0 Å². The van der Waals surface area contributed by atoms with Crippen LogP contribution in [0.5, 0.6) is 0 Å². The highest BCUT2D eigenvalue weighted by Crippen LogP contribution is 2.17. The monoisotopic (exact) mass is 347 g/mol. The molecule has 0 aliphatic heterocycles. The van der Waals surface area contributed by atoms with Crippen LogP contribution in [0.4, 0.5) is 0 Å². The van der Waals surface area contributed by atoms with E-state index in [4.69, 9.17) is 11.5 Å². The Morgan fingerprint density at radius 2 is 2.25 bits per heavy atom. The average molecular weight is 347 g/mol. The van der Waals surface area contributed by atoms with Crippen molar-refractivity contribution in [2.24, 2.45) is 16.5 Å². The number of guanidine groups is 1. The second kappa shape index (κ2) is 4.54. The van der Waals surface area contributed by atoms with Crippen LogP contribution < -0.4 is 21.2 Å². The molecule has 0 bridgehead atoms. The van der Waals surface area contributed by atoms with Gasteiger partial charge in [-0.25, -0.2) is 0 Å². The number of nitrogens with zero attached hydrogens (tertiary/aromatic N) is 1. The van der Waals surface area contributed by atoms with E-state index in [1.54, 1.807) is 0 Å². The molecule has 2 rings (SSSR count). The first-order valence-corrected chi connectivity index (χ1v) is 6.60. The fourth-order valence-electron chi connectivity index (χ4n) is 1.51. The summed E-state index contributed by atoms with van der Waals surface area (Å²) in [6.45, 7) is 0. The summed E-state index contributed by atoms with van der Waals surface area (Å²) in [7, 11) is 0. The van der Waals surface area contributed by atoms with Crippen molar-refractivity contribution in [2.75, 3.05) is 0 Å². The van der Waals surface area contributed by atoms with Gasteiger partial charge in [-0.1, -0.05) is 6.08 Å². The predicted octanol–water partition coefficient (Wildman–Crippen LogP) is 0.279. The summed E-state index contributed by atoms with van der Waals surface area (Å²) < 4.78 is 2.43. The van der Waals surface area contributed by atoms with Gasteiger partial charge >= 0.3 is 0 Å². The molecule has 1 aromatic heterocycles. The molecule has 0 unspecified atom stereocenters. The van der Waals surface area contributed by atoms with Crippen LogP contribution in [0.25, 0.3) is 9.66 Å². The van der Waals surface area contributed by atoms with Crippen molar-refractivity contribution in [3.63, 3.8) is 0 Å². The van der Waals surface area contributed by atoms with E-state index in [9.17, 15) is 4.79 Å². The molecule has 6 heteroatoms. The van der Waals surface area contributed by atoms with Crippen molar-refractivity contribution >= 4 is 55.5 Å². The third-order valence-electron chi connectivity index (χ3n) is 2.19. The normalized spacial score (nSPS) is 13.9. The molecule has 4 nitrogen and oxygen atoms in total. The van der Waals surface area contributed by atoms with E-state index in [2.05, 4.69) is 33.7 Å². The Balaban J connectivity index is 2.52. The largest absolute Gasteiger partial charge is 0.370 e. The Morgan fingerprint density at radius 1 is 1.50 bits per heavy atom. The van der Waals surface area contributed by atoms with Crippen LogP contribution in [0, 0.1) is 0 Å². The Bertz CT molecular complexity index is 584. The third kappa shape index (κ3) is 2.27. The number of hydrogen-bond acceptors (Lipinski definition) is 2. The van der Waals surface area contributed by atoms with Crippen molar-refractivity contribution in [3.05, 3.63) is 20.7 Å². The maximum absolute atomic E-state index is 11.6. The first-order valence-electron chi connectivity index (χ1n) is 4.70. The number of thiophene rings is 1. The highest BCUT2D eigenvalue weighted by molar-refractivity contribution is 14.1. The summed E-state index contributed by atoms with van der Waals surface area (Å²) in [5.74, 6) is -0.559. The van der Waals surface area contributed by atoms with Crippen molar-refractivity contribution in [1.29, 1.82) is 0 Å². The van der Waals surface area contributed by atoms with Gasteiger partial charge in [0.15, 0.2) is 5.96 Å². The van der Waals surface area contributed by atoms with Gasteiger partial charge in [0.25, 0.3) is 5.91 Å². The molecule has 1 heterocycles. The molecule has 0 spiro atoms. The Hall–Kier alpha value is -0.890. The summed E-state index contributed by atoms with van der Waals surface area (Å²) >= 11 is 3.76. The first-order chi connectivity index (χ1) is 7.58. The molecule has 0 radical (unpaired) electrons. The van der Waals surface area contributed by atoms with Crippen LogP contribution >= 0.6 is 33.9 Å². The molecule has 0 saturated carbocycles. The number of carbonyl (C=O) groups excluding carboxylic acids is 1. The van der Waals surface area contributed by atoms with Crippen LogP contribution in [0.2, 0.25) is 0 Å². The molecule has 1 amide bonds. The highest BCUT2D eigenvalue weighted by atomic mass is 127. The fourth-order valence-corrected chi connectivity index (χ4v) is 3.49. The number of carbonyl (C=O) groups is 1. The minimum Gasteiger partial charge on any atom is -0.370 e. The quantitative estimate of drug-likeness (QED) is 0.435. The van der Waals surface area contributed by atoms with E-state index in [1.807, 2.05) is 6.07 Å². The van der Waals surface area contributed by atoms with Gasteiger partial charge in [0.1, 0.15) is 0 Å². The van der Waals surface area contributed by atoms with E-state index < -0.39 is 0 Å². The van der Waals surface area contributed by atoms with Crippen molar-refractivity contribution in [2.45, 2.75) is 12.8 Å². The topological polar surface area (TPSA) is 81.5 Å². The van der Waals surface area contributed by atoms with Crippen LogP contribution in [-0.4, -0.2) is 11.9 Å². The van der Waals surface area contributed by atoms with Crippen LogP contribution in [0.3, 0.4) is 0 Å². The SMILES string of the molecule is NC(N)=NC(=O)c1cc2c(s1)=CCCC=2I. The van der Waals surface area contributed by atoms with Crippen molar-refractivity contribution < 1.29 is 4.79 Å². The first kappa shape index (κ1) is 11.6. The number of halogens is 1.